The van der Waals surface area contributed by atoms with Gasteiger partial charge in [0, 0.05) is 37.8 Å². The number of rotatable bonds is 8. The van der Waals surface area contributed by atoms with Gasteiger partial charge in [-0.25, -0.2) is 0 Å². The molecule has 0 radical (unpaired) electrons. The highest BCUT2D eigenvalue weighted by molar-refractivity contribution is 7.99. The van der Waals surface area contributed by atoms with E-state index in [9.17, 15) is 4.79 Å². The lowest BCUT2D eigenvalue weighted by Crippen LogP contribution is -2.43. The average Bonchev–Trinajstić information content (AvgIpc) is 3.13. The van der Waals surface area contributed by atoms with Crippen molar-refractivity contribution in [3.05, 3.63) is 30.3 Å². The van der Waals surface area contributed by atoms with Gasteiger partial charge in [-0.1, -0.05) is 31.0 Å². The van der Waals surface area contributed by atoms with Crippen LogP contribution in [0.5, 0.6) is 0 Å². The number of hydrogen-bond acceptors (Lipinski definition) is 3. The van der Waals surface area contributed by atoms with Crippen LogP contribution in [0.25, 0.3) is 0 Å². The van der Waals surface area contributed by atoms with Gasteiger partial charge in [0.2, 0.25) is 5.91 Å². The molecule has 144 valence electrons. The quantitative estimate of drug-likeness (QED) is 0.317. The smallest absolute Gasteiger partial charge is 0.230 e. The van der Waals surface area contributed by atoms with Gasteiger partial charge >= 0.3 is 0 Å². The Kier molecular flexibility index (Phi) is 8.29. The molecule has 0 unspecified atom stereocenters. The van der Waals surface area contributed by atoms with Crippen molar-refractivity contribution >= 4 is 23.6 Å². The molecule has 6 heteroatoms. The lowest BCUT2D eigenvalue weighted by molar-refractivity contribution is -0.138. The molecule has 1 aromatic rings. The molecule has 0 saturated heterocycles. The Hall–Kier alpha value is -1.69. The van der Waals surface area contributed by atoms with Crippen LogP contribution in [0.15, 0.2) is 40.2 Å². The zero-order chi connectivity index (χ0) is 18.8. The summed E-state index contributed by atoms with van der Waals surface area (Å²) in [4.78, 5) is 20.4. The zero-order valence-electron chi connectivity index (χ0n) is 16.3. The summed E-state index contributed by atoms with van der Waals surface area (Å²) in [5, 5.41) is 6.69. The highest BCUT2D eigenvalue weighted by Gasteiger charge is 2.41. The number of nitrogens with one attached hydrogen (secondary N) is 2. The molecule has 1 aliphatic rings. The van der Waals surface area contributed by atoms with E-state index in [-0.39, 0.29) is 11.3 Å². The molecular weight excluding hydrogens is 344 g/mol. The van der Waals surface area contributed by atoms with E-state index in [0.717, 1.165) is 50.5 Å². The number of nitrogens with zero attached hydrogens (tertiary/aromatic N) is 2. The fourth-order valence-corrected chi connectivity index (χ4v) is 4.18. The summed E-state index contributed by atoms with van der Waals surface area (Å²) in [7, 11) is 3.69. The van der Waals surface area contributed by atoms with Crippen LogP contribution in [-0.2, 0) is 4.79 Å². The third kappa shape index (κ3) is 5.94. The molecule has 1 amide bonds. The molecule has 0 atom stereocenters. The summed E-state index contributed by atoms with van der Waals surface area (Å²) in [6.45, 7) is 4.27. The van der Waals surface area contributed by atoms with Crippen molar-refractivity contribution < 1.29 is 4.79 Å². The number of benzene rings is 1. The maximum absolute atomic E-state index is 12.7. The van der Waals surface area contributed by atoms with Crippen molar-refractivity contribution in [3.63, 3.8) is 0 Å². The van der Waals surface area contributed by atoms with Gasteiger partial charge in [-0.15, -0.1) is 11.8 Å². The van der Waals surface area contributed by atoms with E-state index in [2.05, 4.69) is 41.8 Å². The van der Waals surface area contributed by atoms with Gasteiger partial charge in [0.15, 0.2) is 5.96 Å². The fourth-order valence-electron chi connectivity index (χ4n) is 3.39. The first-order chi connectivity index (χ1) is 12.6. The predicted molar refractivity (Wildman–Crippen MR) is 111 cm³/mol. The second kappa shape index (κ2) is 10.5. The first kappa shape index (κ1) is 20.6. The first-order valence-corrected chi connectivity index (χ1v) is 10.5. The normalized spacial score (nSPS) is 16.3. The fraction of sp³-hybridized carbons (Fsp3) is 0.600. The Morgan fingerprint density at radius 2 is 1.88 bits per heavy atom. The molecule has 1 saturated carbocycles. The maximum Gasteiger partial charge on any atom is 0.230 e. The summed E-state index contributed by atoms with van der Waals surface area (Å²) in [6.07, 6.45) is 4.12. The van der Waals surface area contributed by atoms with Gasteiger partial charge in [-0.3, -0.25) is 9.79 Å². The lowest BCUT2D eigenvalue weighted by atomic mass is 9.85. The Bertz CT molecular complexity index is 583. The van der Waals surface area contributed by atoms with Crippen LogP contribution >= 0.6 is 11.8 Å². The van der Waals surface area contributed by atoms with E-state index in [4.69, 9.17) is 4.99 Å². The summed E-state index contributed by atoms with van der Waals surface area (Å²) < 4.78 is 0. The zero-order valence-corrected chi connectivity index (χ0v) is 17.1. The molecule has 2 rings (SSSR count). The highest BCUT2D eigenvalue weighted by atomic mass is 32.2. The molecule has 2 N–H and O–H groups in total. The highest BCUT2D eigenvalue weighted by Crippen LogP contribution is 2.39. The topological polar surface area (TPSA) is 56.7 Å². The van der Waals surface area contributed by atoms with E-state index in [1.165, 1.54) is 4.90 Å². The molecule has 0 bridgehead atoms. The van der Waals surface area contributed by atoms with Gasteiger partial charge in [0.25, 0.3) is 0 Å². The average molecular weight is 377 g/mol. The van der Waals surface area contributed by atoms with Crippen LogP contribution in [0.3, 0.4) is 0 Å². The third-order valence-corrected chi connectivity index (χ3v) is 5.72. The second-order valence-corrected chi connectivity index (χ2v) is 8.14. The minimum Gasteiger partial charge on any atom is -0.357 e. The largest absolute Gasteiger partial charge is 0.357 e. The summed E-state index contributed by atoms with van der Waals surface area (Å²) in [5.74, 6) is 1.99. The Balaban J connectivity index is 1.89. The Morgan fingerprint density at radius 3 is 2.50 bits per heavy atom. The number of thioether (sulfide) groups is 1. The van der Waals surface area contributed by atoms with E-state index >= 15 is 0 Å². The summed E-state index contributed by atoms with van der Waals surface area (Å²) in [5.41, 5.74) is -0.315. The van der Waals surface area contributed by atoms with E-state index in [1.807, 2.05) is 31.9 Å². The minimum atomic E-state index is -0.315. The lowest BCUT2D eigenvalue weighted by Gasteiger charge is -2.29. The molecule has 1 aliphatic carbocycles. The second-order valence-electron chi connectivity index (χ2n) is 6.97. The molecule has 26 heavy (non-hydrogen) atoms. The third-order valence-electron chi connectivity index (χ3n) is 4.71. The van der Waals surface area contributed by atoms with Crippen LogP contribution < -0.4 is 10.6 Å². The standard InChI is InChI=1S/C20H32N4OS/c1-4-21-19(22-14-15-26-17-10-6-5-7-11-17)23-16-20(12-8-9-13-20)18(25)24(2)3/h5-7,10-11H,4,8-9,12-16H2,1-3H3,(H2,21,22,23). The van der Waals surface area contributed by atoms with Gasteiger partial charge in [-0.2, -0.15) is 0 Å². The van der Waals surface area contributed by atoms with Crippen molar-refractivity contribution in [2.45, 2.75) is 37.5 Å². The summed E-state index contributed by atoms with van der Waals surface area (Å²) in [6, 6.07) is 10.4. The van der Waals surface area contributed by atoms with Crippen LogP contribution in [0.4, 0.5) is 0 Å². The van der Waals surface area contributed by atoms with Crippen molar-refractivity contribution in [2.24, 2.45) is 10.4 Å². The van der Waals surface area contributed by atoms with Crippen LogP contribution in [0.2, 0.25) is 0 Å². The van der Waals surface area contributed by atoms with Crippen LogP contribution in [0, 0.1) is 5.41 Å². The maximum atomic E-state index is 12.7. The van der Waals surface area contributed by atoms with E-state index in [0.29, 0.717) is 6.54 Å². The van der Waals surface area contributed by atoms with E-state index in [1.54, 1.807) is 4.90 Å². The van der Waals surface area contributed by atoms with Crippen molar-refractivity contribution in [1.29, 1.82) is 0 Å². The SMILES string of the molecule is CCNC(=NCC1(C(=O)N(C)C)CCCC1)NCCSc1ccccc1. The Labute approximate surface area is 162 Å². The van der Waals surface area contributed by atoms with Gasteiger partial charge in [-0.05, 0) is 31.9 Å². The van der Waals surface area contributed by atoms with Gasteiger partial charge in [0.1, 0.15) is 0 Å². The molecule has 1 fully saturated rings. The van der Waals surface area contributed by atoms with Crippen molar-refractivity contribution in [3.8, 4) is 0 Å². The Morgan fingerprint density at radius 1 is 1.19 bits per heavy atom. The monoisotopic (exact) mass is 376 g/mol. The molecule has 1 aromatic carbocycles. The predicted octanol–water partition coefficient (Wildman–Crippen LogP) is 2.98. The van der Waals surface area contributed by atoms with Crippen LogP contribution in [-0.4, -0.2) is 56.2 Å². The molecule has 5 nitrogen and oxygen atoms in total. The van der Waals surface area contributed by atoms with Crippen molar-refractivity contribution in [2.75, 3.05) is 39.5 Å². The number of carbonyl (C=O) groups excluding carboxylic acids is 1. The molecule has 0 aliphatic heterocycles. The number of carbonyl (C=O) groups is 1. The van der Waals surface area contributed by atoms with Crippen molar-refractivity contribution in [1.82, 2.24) is 15.5 Å². The van der Waals surface area contributed by atoms with E-state index < -0.39 is 0 Å². The number of hydrogen-bond donors (Lipinski definition) is 2. The first-order valence-electron chi connectivity index (χ1n) is 9.49. The molecule has 0 spiro atoms. The van der Waals surface area contributed by atoms with Crippen LogP contribution in [0.1, 0.15) is 32.6 Å². The minimum absolute atomic E-state index is 0.217. The molecule has 0 heterocycles. The number of guanidine groups is 1. The number of aliphatic imine (C=N–C) groups is 1. The molecular formula is C20H32N4OS. The van der Waals surface area contributed by atoms with Gasteiger partial charge in [0.05, 0.1) is 12.0 Å². The molecule has 0 aromatic heterocycles. The number of amides is 1. The van der Waals surface area contributed by atoms with Gasteiger partial charge < -0.3 is 15.5 Å². The summed E-state index contributed by atoms with van der Waals surface area (Å²) >= 11 is 1.83.